The van der Waals surface area contributed by atoms with E-state index in [0.717, 1.165) is 5.56 Å². The third kappa shape index (κ3) is 6.16. The first-order chi connectivity index (χ1) is 9.17. The maximum absolute atomic E-state index is 13.7. The second-order valence-corrected chi connectivity index (χ2v) is 8.23. The average Bonchev–Trinajstić information content (AvgIpc) is 2.27. The molecule has 0 aliphatic carbocycles. The molecular formula is C14H22FNO3Si. The lowest BCUT2D eigenvalue weighted by Crippen LogP contribution is -2.27. The molecule has 6 heteroatoms. The minimum Gasteiger partial charge on any atom is -0.444 e. The Bertz CT molecular complexity index is 472. The molecule has 1 aromatic carbocycles. The minimum atomic E-state index is -1.13. The lowest BCUT2D eigenvalue weighted by Gasteiger charge is -2.20. The van der Waals surface area contributed by atoms with Gasteiger partial charge in [0.15, 0.2) is 9.04 Å². The van der Waals surface area contributed by atoms with Crippen LogP contribution in [0.15, 0.2) is 18.2 Å². The summed E-state index contributed by atoms with van der Waals surface area (Å²) < 4.78 is 24.3. The fourth-order valence-electron chi connectivity index (χ4n) is 1.43. The zero-order valence-electron chi connectivity index (χ0n) is 12.6. The maximum atomic E-state index is 13.7. The smallest absolute Gasteiger partial charge is 0.412 e. The van der Waals surface area contributed by atoms with Crippen molar-refractivity contribution in [3.8, 4) is 0 Å². The van der Waals surface area contributed by atoms with Crippen molar-refractivity contribution in [1.29, 1.82) is 0 Å². The Balaban J connectivity index is 2.73. The summed E-state index contributed by atoms with van der Waals surface area (Å²) in [6, 6.07) is 4.52. The van der Waals surface area contributed by atoms with Crippen molar-refractivity contribution in [2.45, 2.75) is 46.1 Å². The average molecular weight is 299 g/mol. The van der Waals surface area contributed by atoms with Gasteiger partial charge in [0.2, 0.25) is 0 Å². The summed E-state index contributed by atoms with van der Waals surface area (Å²) in [5.74, 6) is -0.499. The molecule has 1 rings (SSSR count). The Morgan fingerprint density at radius 2 is 2.00 bits per heavy atom. The van der Waals surface area contributed by atoms with E-state index in [2.05, 4.69) is 18.4 Å². The standard InChI is InChI=1S/C14H22FNO3Si/c1-14(2,3)19-13(17)16-12-8-10(6-7-11(12)15)9-18-20(4)5/h6-8,20H,9H2,1-5H3,(H,16,17). The fraction of sp³-hybridized carbons (Fsp3) is 0.500. The minimum absolute atomic E-state index is 0.103. The van der Waals surface area contributed by atoms with Gasteiger partial charge >= 0.3 is 6.09 Å². The number of hydrogen-bond acceptors (Lipinski definition) is 3. The first-order valence-corrected chi connectivity index (χ1v) is 9.35. The van der Waals surface area contributed by atoms with Crippen LogP contribution in [0.3, 0.4) is 0 Å². The Kier molecular flexibility index (Phi) is 5.70. The van der Waals surface area contributed by atoms with Gasteiger partial charge in [0.05, 0.1) is 12.3 Å². The van der Waals surface area contributed by atoms with Gasteiger partial charge in [0, 0.05) is 0 Å². The first kappa shape index (κ1) is 16.7. The molecule has 0 unspecified atom stereocenters. The highest BCUT2D eigenvalue weighted by molar-refractivity contribution is 6.48. The van der Waals surface area contributed by atoms with Crippen molar-refractivity contribution >= 4 is 20.8 Å². The number of hydrogen-bond donors (Lipinski definition) is 1. The number of carbonyl (C=O) groups is 1. The van der Waals surface area contributed by atoms with Gasteiger partial charge in [-0.05, 0) is 51.6 Å². The molecule has 0 atom stereocenters. The molecule has 0 saturated heterocycles. The molecule has 1 aromatic rings. The van der Waals surface area contributed by atoms with Crippen molar-refractivity contribution in [2.75, 3.05) is 5.32 Å². The molecule has 0 aliphatic heterocycles. The zero-order valence-corrected chi connectivity index (χ0v) is 13.8. The molecule has 4 nitrogen and oxygen atoms in total. The topological polar surface area (TPSA) is 47.6 Å². The number of rotatable bonds is 4. The van der Waals surface area contributed by atoms with Crippen LogP contribution in [-0.4, -0.2) is 20.7 Å². The summed E-state index contributed by atoms with van der Waals surface area (Å²) in [6.45, 7) is 9.79. The number of nitrogens with one attached hydrogen (secondary N) is 1. The number of amides is 1. The van der Waals surface area contributed by atoms with Crippen LogP contribution in [0.5, 0.6) is 0 Å². The van der Waals surface area contributed by atoms with E-state index in [1.54, 1.807) is 32.9 Å². The van der Waals surface area contributed by atoms with Gasteiger partial charge in [-0.2, -0.15) is 0 Å². The van der Waals surface area contributed by atoms with Crippen LogP contribution in [0, 0.1) is 5.82 Å². The lowest BCUT2D eigenvalue weighted by molar-refractivity contribution is 0.0635. The number of benzene rings is 1. The van der Waals surface area contributed by atoms with Gasteiger partial charge in [-0.3, -0.25) is 5.32 Å². The van der Waals surface area contributed by atoms with Crippen LogP contribution < -0.4 is 5.32 Å². The van der Waals surface area contributed by atoms with Gasteiger partial charge in [-0.1, -0.05) is 6.07 Å². The van der Waals surface area contributed by atoms with Gasteiger partial charge in [-0.25, -0.2) is 9.18 Å². The van der Waals surface area contributed by atoms with Crippen LogP contribution in [0.2, 0.25) is 13.1 Å². The molecule has 112 valence electrons. The molecule has 0 heterocycles. The summed E-state index contributed by atoms with van der Waals surface area (Å²) in [5, 5.41) is 2.41. The summed E-state index contributed by atoms with van der Waals surface area (Å²) in [6.07, 6.45) is -0.673. The van der Waals surface area contributed by atoms with Crippen molar-refractivity contribution in [1.82, 2.24) is 0 Å². The highest BCUT2D eigenvalue weighted by atomic mass is 28.3. The molecule has 20 heavy (non-hydrogen) atoms. The first-order valence-electron chi connectivity index (χ1n) is 6.57. The molecular weight excluding hydrogens is 277 g/mol. The number of halogens is 1. The largest absolute Gasteiger partial charge is 0.444 e. The monoisotopic (exact) mass is 299 g/mol. The molecule has 0 aromatic heterocycles. The quantitative estimate of drug-likeness (QED) is 0.863. The molecule has 0 fully saturated rings. The van der Waals surface area contributed by atoms with Gasteiger partial charge in [0.25, 0.3) is 0 Å². The molecule has 0 bridgehead atoms. The summed E-state index contributed by atoms with van der Waals surface area (Å²) in [4.78, 5) is 11.6. The summed E-state index contributed by atoms with van der Waals surface area (Å²) >= 11 is 0. The number of carbonyl (C=O) groups excluding carboxylic acids is 1. The second kappa shape index (κ2) is 6.85. The maximum Gasteiger partial charge on any atom is 0.412 e. The Morgan fingerprint density at radius 3 is 2.55 bits per heavy atom. The van der Waals surface area contributed by atoms with E-state index in [4.69, 9.17) is 9.16 Å². The van der Waals surface area contributed by atoms with Crippen molar-refractivity contribution in [3.63, 3.8) is 0 Å². The van der Waals surface area contributed by atoms with E-state index in [1.807, 2.05) is 0 Å². The molecule has 1 N–H and O–H groups in total. The molecule has 0 radical (unpaired) electrons. The molecule has 0 saturated carbocycles. The van der Waals surface area contributed by atoms with Crippen LogP contribution in [0.4, 0.5) is 14.9 Å². The highest BCUT2D eigenvalue weighted by Crippen LogP contribution is 2.18. The van der Waals surface area contributed by atoms with Crippen molar-refractivity contribution < 1.29 is 18.3 Å². The second-order valence-electron chi connectivity index (χ2n) is 5.80. The van der Waals surface area contributed by atoms with Crippen LogP contribution in [-0.2, 0) is 15.8 Å². The van der Waals surface area contributed by atoms with Crippen LogP contribution in [0.1, 0.15) is 26.3 Å². The number of anilines is 1. The van der Waals surface area contributed by atoms with E-state index >= 15 is 0 Å². The zero-order chi connectivity index (χ0) is 15.3. The van der Waals surface area contributed by atoms with Gasteiger partial charge in [-0.15, -0.1) is 0 Å². The number of ether oxygens (including phenoxy) is 1. The van der Waals surface area contributed by atoms with Crippen molar-refractivity contribution in [2.24, 2.45) is 0 Å². The third-order valence-corrected chi connectivity index (χ3v) is 3.08. The predicted octanol–water partition coefficient (Wildman–Crippen LogP) is 3.67. The van der Waals surface area contributed by atoms with Crippen LogP contribution >= 0.6 is 0 Å². The highest BCUT2D eigenvalue weighted by Gasteiger charge is 2.17. The Labute approximate surface area is 121 Å². The summed E-state index contributed by atoms with van der Waals surface area (Å²) in [7, 11) is -1.13. The Morgan fingerprint density at radius 1 is 1.35 bits per heavy atom. The fourth-order valence-corrected chi connectivity index (χ4v) is 1.96. The SMILES string of the molecule is C[SiH](C)OCc1ccc(F)c(NC(=O)OC(C)(C)C)c1. The Hall–Kier alpha value is -1.40. The normalized spacial score (nSPS) is 11.6. The van der Waals surface area contributed by atoms with E-state index in [0.29, 0.717) is 6.61 Å². The van der Waals surface area contributed by atoms with Gasteiger partial charge in [0.1, 0.15) is 11.4 Å². The predicted molar refractivity (Wildman–Crippen MR) is 79.9 cm³/mol. The van der Waals surface area contributed by atoms with E-state index in [-0.39, 0.29) is 5.69 Å². The van der Waals surface area contributed by atoms with Gasteiger partial charge < -0.3 is 9.16 Å². The van der Waals surface area contributed by atoms with E-state index in [9.17, 15) is 9.18 Å². The molecule has 0 aliphatic rings. The lowest BCUT2D eigenvalue weighted by atomic mass is 10.2. The van der Waals surface area contributed by atoms with E-state index in [1.165, 1.54) is 6.07 Å². The summed E-state index contributed by atoms with van der Waals surface area (Å²) in [5.41, 5.74) is 0.300. The molecule has 0 spiro atoms. The molecule has 1 amide bonds. The van der Waals surface area contributed by atoms with Crippen molar-refractivity contribution in [3.05, 3.63) is 29.6 Å². The van der Waals surface area contributed by atoms with E-state index < -0.39 is 26.6 Å². The third-order valence-electron chi connectivity index (χ3n) is 2.25. The van der Waals surface area contributed by atoms with Crippen LogP contribution in [0.25, 0.3) is 0 Å².